The van der Waals surface area contributed by atoms with Gasteiger partial charge in [-0.25, -0.2) is 9.97 Å². The van der Waals surface area contributed by atoms with Gasteiger partial charge in [0, 0.05) is 43.1 Å². The number of imidazole rings is 1. The predicted octanol–water partition coefficient (Wildman–Crippen LogP) is 5.28. The molecule has 35 heavy (non-hydrogen) atoms. The third-order valence-electron chi connectivity index (χ3n) is 7.63. The Hall–Kier alpha value is -3.87. The molecule has 6 rings (SSSR count). The fraction of sp³-hybridized carbons (Fsp3) is 0.321. The summed E-state index contributed by atoms with van der Waals surface area (Å²) in [7, 11) is 0. The monoisotopic (exact) mass is 467 g/mol. The lowest BCUT2D eigenvalue weighted by atomic mass is 9.65. The van der Waals surface area contributed by atoms with E-state index in [1.807, 2.05) is 70.0 Å². The molecule has 3 heterocycles. The number of amides is 1. The first-order valence-corrected chi connectivity index (χ1v) is 12.2. The van der Waals surface area contributed by atoms with Crippen LogP contribution < -0.4 is 10.5 Å². The summed E-state index contributed by atoms with van der Waals surface area (Å²) >= 11 is 0. The topological polar surface area (TPSA) is 85.8 Å². The first kappa shape index (κ1) is 21.6. The number of hydrogen-bond donors (Lipinski definition) is 1. The highest BCUT2D eigenvalue weighted by molar-refractivity contribution is 5.74. The Morgan fingerprint density at radius 2 is 1.69 bits per heavy atom. The van der Waals surface area contributed by atoms with E-state index in [1.165, 1.54) is 0 Å². The van der Waals surface area contributed by atoms with Crippen molar-refractivity contribution in [2.75, 3.05) is 18.8 Å². The number of nitrogen functional groups attached to an aromatic ring is 1. The lowest BCUT2D eigenvalue weighted by Gasteiger charge is -2.53. The molecule has 1 saturated heterocycles. The molecule has 0 bridgehead atoms. The molecule has 2 aromatic heterocycles. The van der Waals surface area contributed by atoms with Gasteiger partial charge in [0.05, 0.1) is 11.2 Å². The van der Waals surface area contributed by atoms with Crippen molar-refractivity contribution < 1.29 is 9.53 Å². The van der Waals surface area contributed by atoms with Crippen molar-refractivity contribution in [2.24, 2.45) is 5.41 Å². The van der Waals surface area contributed by atoms with Gasteiger partial charge in [0.2, 0.25) is 11.9 Å². The zero-order valence-electron chi connectivity index (χ0n) is 19.9. The number of likely N-dealkylation sites (tertiary alicyclic amines) is 1. The summed E-state index contributed by atoms with van der Waals surface area (Å²) in [5.74, 6) is 3.37. The maximum Gasteiger partial charge on any atom is 0.219 e. The molecule has 2 aromatic carbocycles. The zero-order chi connectivity index (χ0) is 24.0. The van der Waals surface area contributed by atoms with Crippen molar-refractivity contribution in [3.63, 3.8) is 0 Å². The van der Waals surface area contributed by atoms with E-state index in [2.05, 4.69) is 4.98 Å². The number of carbonyl (C=O) groups excluding carboxylic acids is 1. The van der Waals surface area contributed by atoms with Crippen molar-refractivity contribution in [3.8, 4) is 22.9 Å². The quantitative estimate of drug-likeness (QED) is 0.441. The molecular weight excluding hydrogens is 438 g/mol. The summed E-state index contributed by atoms with van der Waals surface area (Å²) in [6.45, 7) is 3.47. The van der Waals surface area contributed by atoms with Crippen LogP contribution >= 0.6 is 0 Å². The molecule has 7 nitrogen and oxygen atoms in total. The van der Waals surface area contributed by atoms with Crippen LogP contribution in [0.5, 0.6) is 11.5 Å². The Morgan fingerprint density at radius 1 is 1.00 bits per heavy atom. The van der Waals surface area contributed by atoms with Gasteiger partial charge in [-0.05, 0) is 68.1 Å². The minimum atomic E-state index is 0.186. The standard InChI is InChI=1S/C28H29N5O2/c1-19(34)32-17-28(18-32)14-11-20(12-15-28)25-24-13-16-30-27(29)33(24)26(31-25)21-7-9-23(10-8-21)35-22-5-3-2-4-6-22/h2-10,13,16,20H,11-12,14-15,17-18H2,1H3,(H2,29,30). The molecule has 178 valence electrons. The molecule has 1 amide bonds. The number of ether oxygens (including phenoxy) is 1. The van der Waals surface area contributed by atoms with Crippen LogP contribution in [0, 0.1) is 5.41 Å². The second kappa shape index (κ2) is 8.41. The number of hydrogen-bond acceptors (Lipinski definition) is 5. The van der Waals surface area contributed by atoms with E-state index in [0.29, 0.717) is 17.3 Å². The molecule has 0 atom stereocenters. The SMILES string of the molecule is CC(=O)N1CC2(CCC(c3nc(-c4ccc(Oc5ccccc5)cc4)n4c(N)nccc34)CC2)C1. The number of aromatic nitrogens is 3. The summed E-state index contributed by atoms with van der Waals surface area (Å²) in [6, 6.07) is 19.7. The molecule has 1 saturated carbocycles. The third-order valence-corrected chi connectivity index (χ3v) is 7.63. The normalized spacial score (nSPS) is 17.5. The van der Waals surface area contributed by atoms with Crippen LogP contribution in [0.4, 0.5) is 5.95 Å². The molecule has 4 aromatic rings. The summed E-state index contributed by atoms with van der Waals surface area (Å²) in [5.41, 5.74) is 9.72. The van der Waals surface area contributed by atoms with Gasteiger partial charge in [-0.1, -0.05) is 18.2 Å². The molecule has 1 aliphatic heterocycles. The predicted molar refractivity (Wildman–Crippen MR) is 135 cm³/mol. The van der Waals surface area contributed by atoms with Gasteiger partial charge in [0.25, 0.3) is 0 Å². The zero-order valence-corrected chi connectivity index (χ0v) is 19.9. The average molecular weight is 468 g/mol. The number of nitrogens with two attached hydrogens (primary N) is 1. The first-order chi connectivity index (χ1) is 17.0. The van der Waals surface area contributed by atoms with E-state index >= 15 is 0 Å². The maximum absolute atomic E-state index is 11.7. The van der Waals surface area contributed by atoms with Crippen LogP contribution in [-0.2, 0) is 4.79 Å². The molecule has 0 unspecified atom stereocenters. The number of anilines is 1. The highest BCUT2D eigenvalue weighted by Gasteiger charge is 2.46. The number of rotatable bonds is 4. The van der Waals surface area contributed by atoms with Gasteiger partial charge >= 0.3 is 0 Å². The minimum Gasteiger partial charge on any atom is -0.457 e. The van der Waals surface area contributed by atoms with Crippen LogP contribution in [0.15, 0.2) is 66.9 Å². The van der Waals surface area contributed by atoms with Gasteiger partial charge < -0.3 is 15.4 Å². The van der Waals surface area contributed by atoms with Crippen LogP contribution in [-0.4, -0.2) is 38.3 Å². The van der Waals surface area contributed by atoms with Gasteiger partial charge in [0.1, 0.15) is 17.3 Å². The van der Waals surface area contributed by atoms with E-state index < -0.39 is 0 Å². The lowest BCUT2D eigenvalue weighted by molar-refractivity contribution is -0.143. The Labute approximate surface area is 204 Å². The first-order valence-electron chi connectivity index (χ1n) is 12.2. The van der Waals surface area contributed by atoms with Crippen molar-refractivity contribution in [2.45, 2.75) is 38.5 Å². The van der Waals surface area contributed by atoms with Crippen LogP contribution in [0.1, 0.15) is 44.2 Å². The van der Waals surface area contributed by atoms with Crippen LogP contribution in [0.25, 0.3) is 16.9 Å². The summed E-state index contributed by atoms with van der Waals surface area (Å²) in [5, 5.41) is 0. The van der Waals surface area contributed by atoms with Crippen molar-refractivity contribution >= 4 is 17.4 Å². The Morgan fingerprint density at radius 3 is 2.37 bits per heavy atom. The molecule has 2 fully saturated rings. The van der Waals surface area contributed by atoms with E-state index in [4.69, 9.17) is 15.5 Å². The molecule has 2 N–H and O–H groups in total. The molecular formula is C28H29N5O2. The van der Waals surface area contributed by atoms with Gasteiger partial charge in [-0.2, -0.15) is 0 Å². The second-order valence-corrected chi connectivity index (χ2v) is 9.93. The molecule has 1 spiro atoms. The number of benzene rings is 2. The average Bonchev–Trinajstić information content (AvgIpc) is 3.25. The van der Waals surface area contributed by atoms with Crippen molar-refractivity contribution in [1.29, 1.82) is 0 Å². The molecule has 0 radical (unpaired) electrons. The highest BCUT2D eigenvalue weighted by Crippen LogP contribution is 2.49. The maximum atomic E-state index is 11.7. The Kier molecular flexibility index (Phi) is 5.20. The number of nitrogens with zero attached hydrogens (tertiary/aromatic N) is 4. The summed E-state index contributed by atoms with van der Waals surface area (Å²) < 4.78 is 7.92. The smallest absolute Gasteiger partial charge is 0.219 e. The van der Waals surface area contributed by atoms with Crippen LogP contribution in [0.2, 0.25) is 0 Å². The third kappa shape index (κ3) is 3.91. The van der Waals surface area contributed by atoms with E-state index in [9.17, 15) is 4.79 Å². The summed E-state index contributed by atoms with van der Waals surface area (Å²) in [4.78, 5) is 23.1. The number of para-hydroxylation sites is 1. The fourth-order valence-electron chi connectivity index (χ4n) is 5.68. The second-order valence-electron chi connectivity index (χ2n) is 9.93. The number of carbonyl (C=O) groups is 1. The largest absolute Gasteiger partial charge is 0.457 e. The minimum absolute atomic E-state index is 0.186. The van der Waals surface area contributed by atoms with Crippen LogP contribution in [0.3, 0.4) is 0 Å². The Balaban J connectivity index is 1.27. The van der Waals surface area contributed by atoms with Gasteiger partial charge in [-0.15, -0.1) is 0 Å². The van der Waals surface area contributed by atoms with E-state index in [0.717, 1.165) is 72.9 Å². The Bertz CT molecular complexity index is 1360. The molecule has 2 aliphatic rings. The molecule has 7 heteroatoms. The van der Waals surface area contributed by atoms with E-state index in [-0.39, 0.29) is 5.91 Å². The van der Waals surface area contributed by atoms with Gasteiger partial charge in [0.15, 0.2) is 0 Å². The van der Waals surface area contributed by atoms with Crippen molar-refractivity contribution in [3.05, 3.63) is 72.6 Å². The van der Waals surface area contributed by atoms with Crippen molar-refractivity contribution in [1.82, 2.24) is 19.3 Å². The highest BCUT2D eigenvalue weighted by atomic mass is 16.5. The summed E-state index contributed by atoms with van der Waals surface area (Å²) in [6.07, 6.45) is 6.16. The van der Waals surface area contributed by atoms with E-state index in [1.54, 1.807) is 13.1 Å². The number of fused-ring (bicyclic) bond motifs is 1. The molecule has 1 aliphatic carbocycles. The fourth-order valence-corrected chi connectivity index (χ4v) is 5.68. The lowest BCUT2D eigenvalue weighted by Crippen LogP contribution is -2.58. The van der Waals surface area contributed by atoms with Gasteiger partial charge in [-0.3, -0.25) is 9.20 Å².